The third-order valence-electron chi connectivity index (χ3n) is 5.37. The molecule has 0 radical (unpaired) electrons. The summed E-state index contributed by atoms with van der Waals surface area (Å²) in [7, 11) is 0. The van der Waals surface area contributed by atoms with Gasteiger partial charge in [-0.15, -0.1) is 0 Å². The lowest BCUT2D eigenvalue weighted by atomic mass is 9.73. The lowest BCUT2D eigenvalue weighted by Crippen LogP contribution is -2.48. The van der Waals surface area contributed by atoms with Gasteiger partial charge in [0.05, 0.1) is 5.60 Å². The molecule has 1 aromatic heterocycles. The summed E-state index contributed by atoms with van der Waals surface area (Å²) in [6.45, 7) is 4.27. The van der Waals surface area contributed by atoms with Crippen molar-refractivity contribution in [2.75, 3.05) is 13.2 Å². The SMILES string of the molecule is CCNC(Cc1ccsc1)C1CCOC2(CCCCC2)C1. The van der Waals surface area contributed by atoms with Crippen LogP contribution in [-0.2, 0) is 11.2 Å². The Morgan fingerprint density at radius 1 is 1.38 bits per heavy atom. The van der Waals surface area contributed by atoms with Crippen molar-refractivity contribution in [1.29, 1.82) is 0 Å². The van der Waals surface area contributed by atoms with Crippen LogP contribution in [0.15, 0.2) is 16.8 Å². The monoisotopic (exact) mass is 307 g/mol. The van der Waals surface area contributed by atoms with Crippen LogP contribution in [0.25, 0.3) is 0 Å². The molecule has 1 saturated carbocycles. The quantitative estimate of drug-likeness (QED) is 0.870. The van der Waals surface area contributed by atoms with Crippen LogP contribution in [0.2, 0.25) is 0 Å². The van der Waals surface area contributed by atoms with Crippen LogP contribution in [0.4, 0.5) is 0 Å². The Kier molecular flexibility index (Phi) is 5.36. The summed E-state index contributed by atoms with van der Waals surface area (Å²) in [5.74, 6) is 0.775. The summed E-state index contributed by atoms with van der Waals surface area (Å²) in [4.78, 5) is 0. The summed E-state index contributed by atoms with van der Waals surface area (Å²) in [6, 6.07) is 2.90. The van der Waals surface area contributed by atoms with Gasteiger partial charge in [0.2, 0.25) is 0 Å². The Morgan fingerprint density at radius 2 is 2.24 bits per heavy atom. The van der Waals surface area contributed by atoms with E-state index in [1.807, 2.05) is 11.3 Å². The molecule has 21 heavy (non-hydrogen) atoms. The predicted molar refractivity (Wildman–Crippen MR) is 90.0 cm³/mol. The highest BCUT2D eigenvalue weighted by Gasteiger charge is 2.40. The average molecular weight is 308 g/mol. The molecule has 1 saturated heterocycles. The van der Waals surface area contributed by atoms with Gasteiger partial charge in [0.1, 0.15) is 0 Å². The molecule has 118 valence electrons. The first-order valence-electron chi connectivity index (χ1n) is 8.70. The zero-order valence-corrected chi connectivity index (χ0v) is 14.1. The third-order valence-corrected chi connectivity index (χ3v) is 6.10. The van der Waals surface area contributed by atoms with E-state index in [-0.39, 0.29) is 5.60 Å². The van der Waals surface area contributed by atoms with Crippen molar-refractivity contribution >= 4 is 11.3 Å². The molecule has 1 aliphatic heterocycles. The van der Waals surface area contributed by atoms with E-state index in [0.717, 1.165) is 19.1 Å². The van der Waals surface area contributed by atoms with E-state index in [2.05, 4.69) is 29.1 Å². The molecule has 1 aliphatic carbocycles. The Bertz CT molecular complexity index is 405. The number of ether oxygens (including phenoxy) is 1. The second kappa shape index (κ2) is 7.26. The number of hydrogen-bond acceptors (Lipinski definition) is 3. The van der Waals surface area contributed by atoms with Crippen LogP contribution in [0.1, 0.15) is 57.4 Å². The van der Waals surface area contributed by atoms with Crippen molar-refractivity contribution < 1.29 is 4.74 Å². The largest absolute Gasteiger partial charge is 0.375 e. The van der Waals surface area contributed by atoms with E-state index in [1.54, 1.807) is 0 Å². The molecule has 0 amide bonds. The minimum atomic E-state index is 0.226. The fourth-order valence-electron chi connectivity index (χ4n) is 4.28. The number of rotatable bonds is 5. The van der Waals surface area contributed by atoms with E-state index in [1.165, 1.54) is 56.9 Å². The number of hydrogen-bond donors (Lipinski definition) is 1. The maximum atomic E-state index is 6.27. The smallest absolute Gasteiger partial charge is 0.0685 e. The molecule has 1 N–H and O–H groups in total. The first kappa shape index (κ1) is 15.5. The Balaban J connectivity index is 1.66. The number of thiophene rings is 1. The molecule has 2 heterocycles. The van der Waals surface area contributed by atoms with E-state index in [0.29, 0.717) is 6.04 Å². The molecule has 1 aromatic rings. The van der Waals surface area contributed by atoms with Crippen LogP contribution in [-0.4, -0.2) is 24.8 Å². The molecule has 3 heteroatoms. The molecule has 3 rings (SSSR count). The molecule has 2 aliphatic rings. The van der Waals surface area contributed by atoms with Gasteiger partial charge in [-0.25, -0.2) is 0 Å². The van der Waals surface area contributed by atoms with Gasteiger partial charge >= 0.3 is 0 Å². The predicted octanol–water partition coefficient (Wildman–Crippen LogP) is 4.40. The molecular formula is C18H29NOS. The highest BCUT2D eigenvalue weighted by molar-refractivity contribution is 7.07. The van der Waals surface area contributed by atoms with Crippen molar-refractivity contribution in [3.8, 4) is 0 Å². The highest BCUT2D eigenvalue weighted by Crippen LogP contribution is 2.41. The van der Waals surface area contributed by atoms with Crippen molar-refractivity contribution in [1.82, 2.24) is 5.32 Å². The Labute approximate surface area is 133 Å². The van der Waals surface area contributed by atoms with Crippen LogP contribution in [0.5, 0.6) is 0 Å². The minimum Gasteiger partial charge on any atom is -0.375 e. The molecule has 2 atom stereocenters. The molecular weight excluding hydrogens is 278 g/mol. The topological polar surface area (TPSA) is 21.3 Å². The maximum Gasteiger partial charge on any atom is 0.0685 e. The van der Waals surface area contributed by atoms with E-state index >= 15 is 0 Å². The van der Waals surface area contributed by atoms with Crippen LogP contribution < -0.4 is 5.32 Å². The second-order valence-electron chi connectivity index (χ2n) is 6.84. The Morgan fingerprint density at radius 3 is 2.95 bits per heavy atom. The summed E-state index contributed by atoms with van der Waals surface area (Å²) >= 11 is 1.82. The maximum absolute atomic E-state index is 6.27. The zero-order chi connectivity index (χ0) is 14.5. The van der Waals surface area contributed by atoms with Gasteiger partial charge in [0.15, 0.2) is 0 Å². The number of nitrogens with one attached hydrogen (secondary N) is 1. The molecule has 0 bridgehead atoms. The van der Waals surface area contributed by atoms with Gasteiger partial charge in [-0.2, -0.15) is 11.3 Å². The standard InChI is InChI=1S/C18H29NOS/c1-2-19-17(12-15-7-11-21-14-15)16-6-10-20-18(13-16)8-4-3-5-9-18/h7,11,14,16-17,19H,2-6,8-10,12-13H2,1H3. The van der Waals surface area contributed by atoms with Gasteiger partial charge in [0, 0.05) is 12.6 Å². The Hall–Kier alpha value is -0.380. The number of likely N-dealkylation sites (N-methyl/N-ethyl adjacent to an activating group) is 1. The second-order valence-corrected chi connectivity index (χ2v) is 7.62. The highest BCUT2D eigenvalue weighted by atomic mass is 32.1. The average Bonchev–Trinajstić information content (AvgIpc) is 3.01. The molecule has 2 unspecified atom stereocenters. The normalized spacial score (nSPS) is 26.8. The van der Waals surface area contributed by atoms with Gasteiger partial charge < -0.3 is 10.1 Å². The van der Waals surface area contributed by atoms with Gasteiger partial charge in [-0.3, -0.25) is 0 Å². The van der Waals surface area contributed by atoms with E-state index in [4.69, 9.17) is 4.74 Å². The first-order chi connectivity index (χ1) is 10.3. The van der Waals surface area contributed by atoms with Crippen molar-refractivity contribution in [3.63, 3.8) is 0 Å². The minimum absolute atomic E-state index is 0.226. The van der Waals surface area contributed by atoms with E-state index in [9.17, 15) is 0 Å². The molecule has 0 aromatic carbocycles. The van der Waals surface area contributed by atoms with Gasteiger partial charge in [-0.05, 0) is 67.0 Å². The fourth-order valence-corrected chi connectivity index (χ4v) is 4.97. The third kappa shape index (κ3) is 3.88. The summed E-state index contributed by atoms with van der Waals surface area (Å²) < 4.78 is 6.27. The molecule has 2 nitrogen and oxygen atoms in total. The van der Waals surface area contributed by atoms with Crippen molar-refractivity contribution in [2.45, 2.75) is 69.9 Å². The van der Waals surface area contributed by atoms with Gasteiger partial charge in [-0.1, -0.05) is 26.2 Å². The summed E-state index contributed by atoms with van der Waals surface area (Å²) in [6.07, 6.45) is 10.4. The van der Waals surface area contributed by atoms with Crippen LogP contribution in [0, 0.1) is 5.92 Å². The molecule has 1 spiro atoms. The van der Waals surface area contributed by atoms with Crippen LogP contribution >= 0.6 is 11.3 Å². The van der Waals surface area contributed by atoms with Crippen LogP contribution in [0.3, 0.4) is 0 Å². The first-order valence-corrected chi connectivity index (χ1v) is 9.64. The van der Waals surface area contributed by atoms with Gasteiger partial charge in [0.25, 0.3) is 0 Å². The molecule has 2 fully saturated rings. The van der Waals surface area contributed by atoms with Crippen molar-refractivity contribution in [2.24, 2.45) is 5.92 Å². The summed E-state index contributed by atoms with van der Waals surface area (Å²) in [5, 5.41) is 8.27. The zero-order valence-electron chi connectivity index (χ0n) is 13.3. The van der Waals surface area contributed by atoms with E-state index < -0.39 is 0 Å². The fraction of sp³-hybridized carbons (Fsp3) is 0.778. The summed E-state index contributed by atoms with van der Waals surface area (Å²) in [5.41, 5.74) is 1.72. The van der Waals surface area contributed by atoms with Crippen molar-refractivity contribution in [3.05, 3.63) is 22.4 Å². The lowest BCUT2D eigenvalue weighted by Gasteiger charge is -2.45. The lowest BCUT2D eigenvalue weighted by molar-refractivity contribution is -0.121.